The molecule has 0 aliphatic carbocycles. The van der Waals surface area contributed by atoms with Gasteiger partial charge in [-0.05, 0) is 36.4 Å². The van der Waals surface area contributed by atoms with E-state index in [9.17, 15) is 0 Å². The molecule has 0 atom stereocenters. The molecule has 6 heteroatoms. The van der Waals surface area contributed by atoms with E-state index in [0.717, 1.165) is 60.8 Å². The molecule has 216 valence electrons. The first-order valence-electron chi connectivity index (χ1n) is 15.2. The summed E-state index contributed by atoms with van der Waals surface area (Å²) in [5, 5.41) is 2.26. The first-order chi connectivity index (χ1) is 22.8. The molecule has 6 aromatic carbocycles. The molecule has 0 amide bonds. The van der Waals surface area contributed by atoms with E-state index in [1.807, 2.05) is 91.0 Å². The van der Waals surface area contributed by atoms with Crippen LogP contribution in [0.1, 0.15) is 0 Å². The molecule has 6 nitrogen and oxygen atoms in total. The fourth-order valence-corrected chi connectivity index (χ4v) is 6.09. The van der Waals surface area contributed by atoms with Gasteiger partial charge in [0.25, 0.3) is 0 Å². The zero-order chi connectivity index (χ0) is 30.5. The highest BCUT2D eigenvalue weighted by molar-refractivity contribution is 6.12. The summed E-state index contributed by atoms with van der Waals surface area (Å²) >= 11 is 0. The van der Waals surface area contributed by atoms with Crippen molar-refractivity contribution < 1.29 is 4.42 Å². The van der Waals surface area contributed by atoms with Crippen LogP contribution in [0.2, 0.25) is 0 Å². The standard InChI is InChI=1S/C40H25N5O/c1-4-13-26(14-5-1)37-42-38(27-15-6-2-7-16-27)44-39(43-37)29-19-12-20-30(23-29)45-34-22-11-10-21-31(34)32-24-33-36(25-35(32)45)46-40(41-33)28-17-8-3-9-18-28/h1-25H. The van der Waals surface area contributed by atoms with Gasteiger partial charge in [-0.2, -0.15) is 0 Å². The fourth-order valence-electron chi connectivity index (χ4n) is 6.09. The Labute approximate surface area is 264 Å². The van der Waals surface area contributed by atoms with Gasteiger partial charge in [-0.15, -0.1) is 0 Å². The van der Waals surface area contributed by atoms with Crippen molar-refractivity contribution in [3.05, 3.63) is 152 Å². The van der Waals surface area contributed by atoms with Crippen LogP contribution < -0.4 is 0 Å². The van der Waals surface area contributed by atoms with E-state index in [-0.39, 0.29) is 0 Å². The number of oxazole rings is 1. The number of hydrogen-bond acceptors (Lipinski definition) is 5. The summed E-state index contributed by atoms with van der Waals surface area (Å²) < 4.78 is 8.57. The number of aromatic nitrogens is 5. The third-order valence-electron chi connectivity index (χ3n) is 8.26. The monoisotopic (exact) mass is 591 g/mol. The molecule has 0 bridgehead atoms. The van der Waals surface area contributed by atoms with E-state index in [2.05, 4.69) is 65.2 Å². The van der Waals surface area contributed by atoms with E-state index in [0.29, 0.717) is 23.4 Å². The first-order valence-corrected chi connectivity index (χ1v) is 15.2. The molecule has 46 heavy (non-hydrogen) atoms. The molecule has 0 spiro atoms. The minimum Gasteiger partial charge on any atom is -0.436 e. The Morgan fingerprint density at radius 3 is 1.65 bits per heavy atom. The molecule has 3 aromatic heterocycles. The molecular weight excluding hydrogens is 566 g/mol. The quantitative estimate of drug-likeness (QED) is 0.199. The average molecular weight is 592 g/mol. The highest BCUT2D eigenvalue weighted by Gasteiger charge is 2.18. The number of rotatable bonds is 5. The van der Waals surface area contributed by atoms with Gasteiger partial charge in [-0.3, -0.25) is 0 Å². The Kier molecular flexibility index (Phi) is 6.03. The molecule has 0 saturated carbocycles. The predicted octanol–water partition coefficient (Wildman–Crippen LogP) is 9.78. The van der Waals surface area contributed by atoms with Crippen LogP contribution in [0.15, 0.2) is 156 Å². The maximum atomic E-state index is 6.30. The van der Waals surface area contributed by atoms with E-state index in [1.54, 1.807) is 0 Å². The van der Waals surface area contributed by atoms with Gasteiger partial charge in [-0.1, -0.05) is 109 Å². The lowest BCUT2D eigenvalue weighted by Crippen LogP contribution is -2.01. The number of para-hydroxylation sites is 1. The molecular formula is C40H25N5O. The van der Waals surface area contributed by atoms with E-state index >= 15 is 0 Å². The molecule has 0 aliphatic heterocycles. The summed E-state index contributed by atoms with van der Waals surface area (Å²) in [6.45, 7) is 0. The Morgan fingerprint density at radius 1 is 0.413 bits per heavy atom. The Bertz CT molecular complexity index is 2460. The minimum absolute atomic E-state index is 0.611. The van der Waals surface area contributed by atoms with Gasteiger partial charge in [0.1, 0.15) is 5.52 Å². The summed E-state index contributed by atoms with van der Waals surface area (Å²) in [7, 11) is 0. The minimum atomic E-state index is 0.611. The lowest BCUT2D eigenvalue weighted by Gasteiger charge is -2.11. The maximum absolute atomic E-state index is 6.30. The Balaban J connectivity index is 1.23. The summed E-state index contributed by atoms with van der Waals surface area (Å²) in [4.78, 5) is 19.6. The van der Waals surface area contributed by atoms with Crippen LogP contribution in [0.4, 0.5) is 0 Å². The zero-order valence-corrected chi connectivity index (χ0v) is 24.6. The SMILES string of the molecule is c1ccc(-c2nc(-c3ccccc3)nc(-c3cccc(-n4c5ccccc5c5cc6nc(-c7ccccc7)oc6cc54)c3)n2)cc1. The van der Waals surface area contributed by atoms with Crippen LogP contribution in [0.5, 0.6) is 0 Å². The molecule has 9 rings (SSSR count). The Hall–Kier alpha value is -6.40. The van der Waals surface area contributed by atoms with Crippen molar-refractivity contribution in [2.24, 2.45) is 0 Å². The van der Waals surface area contributed by atoms with Gasteiger partial charge in [-0.25, -0.2) is 19.9 Å². The van der Waals surface area contributed by atoms with E-state index in [1.165, 1.54) is 0 Å². The van der Waals surface area contributed by atoms with Crippen molar-refractivity contribution in [1.29, 1.82) is 0 Å². The summed E-state index contributed by atoms with van der Waals surface area (Å²) in [5.74, 6) is 2.49. The number of nitrogens with zero attached hydrogens (tertiary/aromatic N) is 5. The van der Waals surface area contributed by atoms with Crippen LogP contribution in [0.3, 0.4) is 0 Å². The highest BCUT2D eigenvalue weighted by atomic mass is 16.3. The second-order valence-corrected chi connectivity index (χ2v) is 11.2. The summed E-state index contributed by atoms with van der Waals surface area (Å²) in [6, 6.07) is 51.1. The third kappa shape index (κ3) is 4.43. The van der Waals surface area contributed by atoms with Gasteiger partial charge >= 0.3 is 0 Å². The van der Waals surface area contributed by atoms with Crippen molar-refractivity contribution in [3.8, 4) is 51.3 Å². The second-order valence-electron chi connectivity index (χ2n) is 11.2. The Morgan fingerprint density at radius 2 is 0.978 bits per heavy atom. The first kappa shape index (κ1) is 26.0. The molecule has 3 heterocycles. The predicted molar refractivity (Wildman–Crippen MR) is 183 cm³/mol. The lowest BCUT2D eigenvalue weighted by molar-refractivity contribution is 0.620. The molecule has 0 aliphatic rings. The average Bonchev–Trinajstić information content (AvgIpc) is 3.70. The topological polar surface area (TPSA) is 69.6 Å². The van der Waals surface area contributed by atoms with Crippen molar-refractivity contribution in [1.82, 2.24) is 24.5 Å². The molecule has 9 aromatic rings. The summed E-state index contributed by atoms with van der Waals surface area (Å²) in [6.07, 6.45) is 0. The van der Waals surface area contributed by atoms with E-state index in [4.69, 9.17) is 24.4 Å². The van der Waals surface area contributed by atoms with Crippen molar-refractivity contribution in [2.45, 2.75) is 0 Å². The van der Waals surface area contributed by atoms with Gasteiger partial charge < -0.3 is 8.98 Å². The van der Waals surface area contributed by atoms with Gasteiger partial charge in [0.15, 0.2) is 23.1 Å². The normalized spacial score (nSPS) is 11.5. The lowest BCUT2D eigenvalue weighted by atomic mass is 10.1. The molecule has 0 fully saturated rings. The molecule has 0 saturated heterocycles. The van der Waals surface area contributed by atoms with Gasteiger partial charge in [0, 0.05) is 44.8 Å². The van der Waals surface area contributed by atoms with Crippen molar-refractivity contribution >= 4 is 32.9 Å². The van der Waals surface area contributed by atoms with Crippen LogP contribution in [0.25, 0.3) is 84.2 Å². The number of fused-ring (bicyclic) bond motifs is 4. The maximum Gasteiger partial charge on any atom is 0.227 e. The zero-order valence-electron chi connectivity index (χ0n) is 24.6. The van der Waals surface area contributed by atoms with Crippen LogP contribution in [0, 0.1) is 0 Å². The smallest absolute Gasteiger partial charge is 0.227 e. The van der Waals surface area contributed by atoms with Crippen molar-refractivity contribution in [3.63, 3.8) is 0 Å². The summed E-state index contributed by atoms with van der Waals surface area (Å²) in [5.41, 5.74) is 8.41. The van der Waals surface area contributed by atoms with Crippen LogP contribution in [-0.4, -0.2) is 24.5 Å². The van der Waals surface area contributed by atoms with Crippen LogP contribution >= 0.6 is 0 Å². The molecule has 0 radical (unpaired) electrons. The largest absolute Gasteiger partial charge is 0.436 e. The third-order valence-corrected chi connectivity index (χ3v) is 8.26. The number of benzene rings is 6. The van der Waals surface area contributed by atoms with E-state index < -0.39 is 0 Å². The number of hydrogen-bond donors (Lipinski definition) is 0. The van der Waals surface area contributed by atoms with Gasteiger partial charge in [0.05, 0.1) is 11.0 Å². The van der Waals surface area contributed by atoms with Crippen LogP contribution in [-0.2, 0) is 0 Å². The molecule has 0 N–H and O–H groups in total. The van der Waals surface area contributed by atoms with Gasteiger partial charge in [0.2, 0.25) is 5.89 Å². The molecule has 0 unspecified atom stereocenters. The highest BCUT2D eigenvalue weighted by Crippen LogP contribution is 2.37. The second kappa shape index (κ2) is 10.6. The van der Waals surface area contributed by atoms with Crippen molar-refractivity contribution in [2.75, 3.05) is 0 Å². The fraction of sp³-hybridized carbons (Fsp3) is 0.